The predicted octanol–water partition coefficient (Wildman–Crippen LogP) is 3.67. The smallest absolute Gasteiger partial charge is 0.142 e. The summed E-state index contributed by atoms with van der Waals surface area (Å²) >= 11 is 5.84. The molecule has 19 heavy (non-hydrogen) atoms. The maximum Gasteiger partial charge on any atom is 0.142 e. The SMILES string of the molecule is CCC(C)n1ccc(COc2ccc(Cl)cc2N)n1. The number of rotatable bonds is 5. The maximum absolute atomic E-state index is 5.84. The molecule has 0 spiro atoms. The first-order chi connectivity index (χ1) is 9.10. The Morgan fingerprint density at radius 2 is 2.21 bits per heavy atom. The molecule has 2 N–H and O–H groups in total. The molecular formula is C14H18ClN3O. The van der Waals surface area contributed by atoms with E-state index in [0.29, 0.717) is 29.1 Å². The van der Waals surface area contributed by atoms with Crippen LogP contribution in [-0.4, -0.2) is 9.78 Å². The molecule has 1 aromatic carbocycles. The Labute approximate surface area is 118 Å². The molecule has 1 atom stereocenters. The molecule has 0 fully saturated rings. The number of nitrogens with two attached hydrogens (primary N) is 1. The van der Waals surface area contributed by atoms with Gasteiger partial charge in [-0.1, -0.05) is 18.5 Å². The molecule has 0 amide bonds. The van der Waals surface area contributed by atoms with Crippen LogP contribution >= 0.6 is 11.6 Å². The highest BCUT2D eigenvalue weighted by Crippen LogP contribution is 2.25. The quantitative estimate of drug-likeness (QED) is 0.850. The van der Waals surface area contributed by atoms with E-state index in [9.17, 15) is 0 Å². The Bertz CT molecular complexity index is 553. The zero-order chi connectivity index (χ0) is 13.8. The van der Waals surface area contributed by atoms with Gasteiger partial charge in [-0.3, -0.25) is 4.68 Å². The van der Waals surface area contributed by atoms with Crippen LogP contribution in [0.15, 0.2) is 30.5 Å². The standard InChI is InChI=1S/C14H18ClN3O/c1-3-10(2)18-7-6-12(17-18)9-19-14-5-4-11(15)8-13(14)16/h4-8,10H,3,9,16H2,1-2H3. The third-order valence-corrected chi connectivity index (χ3v) is 3.29. The van der Waals surface area contributed by atoms with Crippen molar-refractivity contribution < 1.29 is 4.74 Å². The lowest BCUT2D eigenvalue weighted by Gasteiger charge is -2.09. The average Bonchev–Trinajstić information content (AvgIpc) is 2.85. The van der Waals surface area contributed by atoms with Gasteiger partial charge in [0.25, 0.3) is 0 Å². The van der Waals surface area contributed by atoms with E-state index in [2.05, 4.69) is 18.9 Å². The Balaban J connectivity index is 2.00. The third-order valence-electron chi connectivity index (χ3n) is 3.05. The summed E-state index contributed by atoms with van der Waals surface area (Å²) < 4.78 is 7.59. The van der Waals surface area contributed by atoms with Crippen molar-refractivity contribution in [1.29, 1.82) is 0 Å². The summed E-state index contributed by atoms with van der Waals surface area (Å²) in [5, 5.41) is 5.07. The topological polar surface area (TPSA) is 53.1 Å². The summed E-state index contributed by atoms with van der Waals surface area (Å²) in [5.74, 6) is 0.627. The minimum absolute atomic E-state index is 0.398. The fraction of sp³-hybridized carbons (Fsp3) is 0.357. The van der Waals surface area contributed by atoms with Gasteiger partial charge in [-0.25, -0.2) is 0 Å². The molecule has 5 heteroatoms. The number of hydrogen-bond acceptors (Lipinski definition) is 3. The summed E-state index contributed by atoms with van der Waals surface area (Å²) in [5.41, 5.74) is 7.25. The van der Waals surface area contributed by atoms with Crippen molar-refractivity contribution in [2.75, 3.05) is 5.73 Å². The van der Waals surface area contributed by atoms with Crippen LogP contribution in [0.5, 0.6) is 5.75 Å². The maximum atomic E-state index is 5.84. The zero-order valence-electron chi connectivity index (χ0n) is 11.1. The van der Waals surface area contributed by atoms with Crippen LogP contribution in [0.1, 0.15) is 32.0 Å². The summed E-state index contributed by atoms with van der Waals surface area (Å²) in [6.45, 7) is 4.67. The molecule has 1 unspecified atom stereocenters. The van der Waals surface area contributed by atoms with Crippen molar-refractivity contribution in [3.8, 4) is 5.75 Å². The molecule has 102 valence electrons. The molecule has 0 saturated heterocycles. The molecule has 2 rings (SSSR count). The minimum atomic E-state index is 0.398. The first-order valence-electron chi connectivity index (χ1n) is 6.32. The van der Waals surface area contributed by atoms with E-state index < -0.39 is 0 Å². The highest BCUT2D eigenvalue weighted by atomic mass is 35.5. The van der Waals surface area contributed by atoms with Gasteiger partial charge in [-0.05, 0) is 37.6 Å². The van der Waals surface area contributed by atoms with E-state index in [1.165, 1.54) is 0 Å². The molecule has 0 radical (unpaired) electrons. The molecular weight excluding hydrogens is 262 g/mol. The lowest BCUT2D eigenvalue weighted by molar-refractivity contribution is 0.300. The number of halogens is 1. The van der Waals surface area contributed by atoms with E-state index in [-0.39, 0.29) is 0 Å². The van der Waals surface area contributed by atoms with E-state index >= 15 is 0 Å². The largest absolute Gasteiger partial charge is 0.485 e. The van der Waals surface area contributed by atoms with Gasteiger partial charge >= 0.3 is 0 Å². The van der Waals surface area contributed by atoms with Crippen LogP contribution in [0.2, 0.25) is 5.02 Å². The number of hydrogen-bond donors (Lipinski definition) is 1. The molecule has 0 bridgehead atoms. The van der Waals surface area contributed by atoms with Crippen molar-refractivity contribution in [2.24, 2.45) is 0 Å². The molecule has 0 aliphatic rings. The molecule has 1 aromatic heterocycles. The van der Waals surface area contributed by atoms with Crippen molar-refractivity contribution in [3.05, 3.63) is 41.2 Å². The van der Waals surface area contributed by atoms with Crippen molar-refractivity contribution >= 4 is 17.3 Å². The molecule has 0 saturated carbocycles. The van der Waals surface area contributed by atoms with Crippen LogP contribution in [0, 0.1) is 0 Å². The van der Waals surface area contributed by atoms with Gasteiger partial charge in [-0.2, -0.15) is 5.10 Å². The van der Waals surface area contributed by atoms with Gasteiger partial charge in [0.15, 0.2) is 0 Å². The van der Waals surface area contributed by atoms with Gasteiger partial charge in [0.05, 0.1) is 11.4 Å². The Kier molecular flexibility index (Phi) is 4.32. The lowest BCUT2D eigenvalue weighted by atomic mass is 10.3. The van der Waals surface area contributed by atoms with E-state index in [1.54, 1.807) is 18.2 Å². The first-order valence-corrected chi connectivity index (χ1v) is 6.69. The van der Waals surface area contributed by atoms with Crippen molar-refractivity contribution in [2.45, 2.75) is 32.9 Å². The molecule has 2 aromatic rings. The van der Waals surface area contributed by atoms with E-state index in [0.717, 1.165) is 12.1 Å². The highest BCUT2D eigenvalue weighted by Gasteiger charge is 2.06. The Morgan fingerprint density at radius 1 is 1.42 bits per heavy atom. The van der Waals surface area contributed by atoms with Gasteiger partial charge in [-0.15, -0.1) is 0 Å². The number of benzene rings is 1. The molecule has 0 aliphatic carbocycles. The van der Waals surface area contributed by atoms with Crippen LogP contribution in [0.25, 0.3) is 0 Å². The van der Waals surface area contributed by atoms with Gasteiger partial charge in [0.1, 0.15) is 12.4 Å². The van der Waals surface area contributed by atoms with Gasteiger partial charge in [0.2, 0.25) is 0 Å². The number of anilines is 1. The second-order valence-corrected chi connectivity index (χ2v) is 4.95. The lowest BCUT2D eigenvalue weighted by Crippen LogP contribution is -2.06. The number of aromatic nitrogens is 2. The summed E-state index contributed by atoms with van der Waals surface area (Å²) in [6, 6.07) is 7.55. The number of ether oxygens (including phenoxy) is 1. The fourth-order valence-electron chi connectivity index (χ4n) is 1.69. The van der Waals surface area contributed by atoms with Gasteiger partial charge < -0.3 is 10.5 Å². The average molecular weight is 280 g/mol. The third kappa shape index (κ3) is 3.41. The van der Waals surface area contributed by atoms with Crippen LogP contribution in [0.3, 0.4) is 0 Å². The van der Waals surface area contributed by atoms with Crippen LogP contribution < -0.4 is 10.5 Å². The summed E-state index contributed by atoms with van der Waals surface area (Å²) in [7, 11) is 0. The first kappa shape index (κ1) is 13.7. The van der Waals surface area contributed by atoms with Crippen molar-refractivity contribution in [1.82, 2.24) is 9.78 Å². The monoisotopic (exact) mass is 279 g/mol. The Morgan fingerprint density at radius 3 is 2.89 bits per heavy atom. The zero-order valence-corrected chi connectivity index (χ0v) is 11.9. The van der Waals surface area contributed by atoms with Crippen LogP contribution in [-0.2, 0) is 6.61 Å². The molecule has 4 nitrogen and oxygen atoms in total. The number of nitrogen functional groups attached to an aromatic ring is 1. The van der Waals surface area contributed by atoms with Gasteiger partial charge in [0, 0.05) is 17.3 Å². The fourth-order valence-corrected chi connectivity index (χ4v) is 1.87. The van der Waals surface area contributed by atoms with Crippen molar-refractivity contribution in [3.63, 3.8) is 0 Å². The van der Waals surface area contributed by atoms with E-state index in [4.69, 9.17) is 22.1 Å². The second-order valence-electron chi connectivity index (χ2n) is 4.52. The summed E-state index contributed by atoms with van der Waals surface area (Å²) in [6.07, 6.45) is 3.02. The molecule has 0 aliphatic heterocycles. The summed E-state index contributed by atoms with van der Waals surface area (Å²) in [4.78, 5) is 0. The van der Waals surface area contributed by atoms with E-state index in [1.807, 2.05) is 16.9 Å². The number of nitrogens with zero attached hydrogens (tertiary/aromatic N) is 2. The minimum Gasteiger partial charge on any atom is -0.485 e. The predicted molar refractivity (Wildman–Crippen MR) is 77.4 cm³/mol. The normalized spacial score (nSPS) is 12.4. The molecule has 1 heterocycles. The second kappa shape index (κ2) is 5.97. The van der Waals surface area contributed by atoms with Crippen LogP contribution in [0.4, 0.5) is 5.69 Å². The highest BCUT2D eigenvalue weighted by molar-refractivity contribution is 6.30. The Hall–Kier alpha value is -1.68.